The molecule has 4 aromatic carbocycles. The van der Waals surface area contributed by atoms with Crippen LogP contribution in [0.3, 0.4) is 0 Å². The molecule has 0 saturated heterocycles. The summed E-state index contributed by atoms with van der Waals surface area (Å²) < 4.78 is 11.3. The van der Waals surface area contributed by atoms with Gasteiger partial charge in [-0.15, -0.1) is 0 Å². The van der Waals surface area contributed by atoms with Gasteiger partial charge in [-0.25, -0.2) is 0 Å². The van der Waals surface area contributed by atoms with Gasteiger partial charge in [0.15, 0.2) is 0 Å². The molecular weight excluding hydrogens is 488 g/mol. The van der Waals surface area contributed by atoms with E-state index in [0.29, 0.717) is 27.6 Å². The molecule has 2 aliphatic heterocycles. The largest absolute Gasteiger partial charge is 0.497 e. The van der Waals surface area contributed by atoms with Crippen LogP contribution in [0.1, 0.15) is 44.7 Å². The van der Waals surface area contributed by atoms with Crippen molar-refractivity contribution in [2.75, 3.05) is 24.0 Å². The molecular formula is C30H23ClN2O4. The number of hydrogen-bond donors (Lipinski definition) is 0. The lowest BCUT2D eigenvalue weighted by Gasteiger charge is -2.45. The monoisotopic (exact) mass is 510 g/mol. The Hall–Kier alpha value is -4.29. The van der Waals surface area contributed by atoms with E-state index in [1.54, 1.807) is 23.0 Å². The number of benzene rings is 4. The molecule has 2 atom stereocenters. The fourth-order valence-corrected chi connectivity index (χ4v) is 5.54. The number of halogens is 1. The number of rotatable bonds is 6. The van der Waals surface area contributed by atoms with Crippen molar-refractivity contribution in [2.45, 2.75) is 12.1 Å². The van der Waals surface area contributed by atoms with E-state index >= 15 is 0 Å². The van der Waals surface area contributed by atoms with Gasteiger partial charge in [-0.1, -0.05) is 60.1 Å². The minimum Gasteiger partial charge on any atom is -0.497 e. The van der Waals surface area contributed by atoms with Crippen LogP contribution in [0.15, 0.2) is 84.9 Å². The van der Waals surface area contributed by atoms with Crippen LogP contribution in [-0.4, -0.2) is 26.5 Å². The summed E-state index contributed by atoms with van der Waals surface area (Å²) in [5.41, 5.74) is 5.64. The Morgan fingerprint density at radius 3 is 2.11 bits per heavy atom. The van der Waals surface area contributed by atoms with Crippen LogP contribution in [0.5, 0.6) is 11.5 Å². The molecule has 6 rings (SSSR count). The van der Waals surface area contributed by atoms with Crippen molar-refractivity contribution in [1.82, 2.24) is 0 Å². The zero-order valence-electron chi connectivity index (χ0n) is 20.2. The van der Waals surface area contributed by atoms with Crippen LogP contribution in [0.4, 0.5) is 11.4 Å². The van der Waals surface area contributed by atoms with E-state index in [1.165, 1.54) is 7.11 Å². The van der Waals surface area contributed by atoms with Gasteiger partial charge in [0.05, 0.1) is 43.2 Å². The normalized spacial score (nSPS) is 17.2. The third-order valence-electron chi connectivity index (χ3n) is 7.13. The first-order valence-electron chi connectivity index (χ1n) is 11.8. The maximum atomic E-state index is 14.5. The molecule has 0 radical (unpaired) electrons. The summed E-state index contributed by atoms with van der Waals surface area (Å²) in [7, 11) is 3.09. The molecule has 0 spiro atoms. The minimum atomic E-state index is -0.442. The first kappa shape index (κ1) is 23.1. The van der Waals surface area contributed by atoms with Gasteiger partial charge in [0.25, 0.3) is 5.91 Å². The van der Waals surface area contributed by atoms with Gasteiger partial charge in [0.2, 0.25) is 6.41 Å². The van der Waals surface area contributed by atoms with Gasteiger partial charge >= 0.3 is 0 Å². The topological polar surface area (TPSA) is 59.1 Å². The highest BCUT2D eigenvalue weighted by Gasteiger charge is 2.44. The average molecular weight is 511 g/mol. The number of para-hydroxylation sites is 2. The van der Waals surface area contributed by atoms with Crippen molar-refractivity contribution in [1.29, 1.82) is 0 Å². The second-order valence-electron chi connectivity index (χ2n) is 8.96. The summed E-state index contributed by atoms with van der Waals surface area (Å²) in [6.07, 6.45) is 0.794. The number of ether oxygens (including phenoxy) is 2. The molecule has 0 bridgehead atoms. The van der Waals surface area contributed by atoms with Gasteiger partial charge < -0.3 is 14.4 Å². The SMILES string of the molecule is COc1cc(OC)c(C(=O)N2c3ccccc3C2c2ccc(Cl)cc2)c(C2c3ccccc3N2C=O)c1. The Bertz CT molecular complexity index is 1540. The Kier molecular flexibility index (Phi) is 5.61. The molecule has 0 N–H and O–H groups in total. The third kappa shape index (κ3) is 3.48. The van der Waals surface area contributed by atoms with Crippen molar-refractivity contribution < 1.29 is 19.1 Å². The lowest BCUT2D eigenvalue weighted by molar-refractivity contribution is -0.108. The lowest BCUT2D eigenvalue weighted by atomic mass is 9.83. The standard InChI is InChI=1S/C30H23ClN2O4/c1-36-20-15-23(29-21-7-3-5-9-24(21)32(29)17-34)27(26(16-20)37-2)30(35)33-25-10-6-4-8-22(25)28(33)18-11-13-19(31)14-12-18/h3-17,28-29H,1-2H3. The van der Waals surface area contributed by atoms with Crippen LogP contribution in [0.25, 0.3) is 0 Å². The molecule has 37 heavy (non-hydrogen) atoms. The summed E-state index contributed by atoms with van der Waals surface area (Å²) in [5.74, 6) is 0.703. The average Bonchev–Trinajstić information content (AvgIpc) is 2.90. The summed E-state index contributed by atoms with van der Waals surface area (Å²) in [6, 6.07) is 25.8. The summed E-state index contributed by atoms with van der Waals surface area (Å²) in [4.78, 5) is 30.0. The smallest absolute Gasteiger partial charge is 0.263 e. The summed E-state index contributed by atoms with van der Waals surface area (Å²) >= 11 is 6.15. The first-order valence-corrected chi connectivity index (χ1v) is 12.2. The molecule has 0 aliphatic carbocycles. The maximum absolute atomic E-state index is 14.5. The number of amides is 2. The number of carbonyl (C=O) groups excluding carboxylic acids is 2. The lowest BCUT2D eigenvalue weighted by Crippen LogP contribution is -2.45. The molecule has 0 fully saturated rings. The first-order chi connectivity index (χ1) is 18.1. The van der Waals surface area contributed by atoms with Gasteiger partial charge in [0.1, 0.15) is 11.5 Å². The molecule has 2 aliphatic rings. The summed E-state index contributed by atoms with van der Waals surface area (Å²) in [6.45, 7) is 0. The van der Waals surface area contributed by atoms with Crippen molar-refractivity contribution >= 4 is 35.3 Å². The molecule has 184 valence electrons. The minimum absolute atomic E-state index is 0.219. The third-order valence-corrected chi connectivity index (χ3v) is 7.38. The van der Waals surface area contributed by atoms with E-state index in [2.05, 4.69) is 0 Å². The van der Waals surface area contributed by atoms with Gasteiger partial charge in [-0.05, 0) is 41.5 Å². The quantitative estimate of drug-likeness (QED) is 0.291. The predicted molar refractivity (Wildman–Crippen MR) is 143 cm³/mol. The second kappa shape index (κ2) is 8.98. The van der Waals surface area contributed by atoms with Crippen molar-refractivity contribution in [3.8, 4) is 11.5 Å². The molecule has 2 heterocycles. The Balaban J connectivity index is 1.52. The van der Waals surface area contributed by atoms with Crippen LogP contribution >= 0.6 is 11.6 Å². The van der Waals surface area contributed by atoms with E-state index in [9.17, 15) is 9.59 Å². The number of hydrogen-bond acceptors (Lipinski definition) is 4. The van der Waals surface area contributed by atoms with E-state index in [0.717, 1.165) is 34.5 Å². The molecule has 2 unspecified atom stereocenters. The number of fused-ring (bicyclic) bond motifs is 2. The fourth-order valence-electron chi connectivity index (χ4n) is 5.42. The van der Waals surface area contributed by atoms with Crippen LogP contribution in [0, 0.1) is 0 Å². The van der Waals surface area contributed by atoms with Gasteiger partial charge in [-0.3, -0.25) is 14.5 Å². The zero-order valence-corrected chi connectivity index (χ0v) is 21.0. The van der Waals surface area contributed by atoms with E-state index < -0.39 is 6.04 Å². The number of anilines is 2. The van der Waals surface area contributed by atoms with Gasteiger partial charge in [-0.2, -0.15) is 0 Å². The highest BCUT2D eigenvalue weighted by Crippen LogP contribution is 2.52. The van der Waals surface area contributed by atoms with Gasteiger partial charge in [0, 0.05) is 22.2 Å². The van der Waals surface area contributed by atoms with E-state index in [1.807, 2.05) is 78.9 Å². The van der Waals surface area contributed by atoms with Crippen LogP contribution < -0.4 is 19.3 Å². The second-order valence-corrected chi connectivity index (χ2v) is 9.39. The number of methoxy groups -OCH3 is 2. The number of nitrogens with zero attached hydrogens (tertiary/aromatic N) is 2. The predicted octanol–water partition coefficient (Wildman–Crippen LogP) is 6.17. The van der Waals surface area contributed by atoms with Crippen LogP contribution in [-0.2, 0) is 4.79 Å². The van der Waals surface area contributed by atoms with Crippen LogP contribution in [0.2, 0.25) is 5.02 Å². The van der Waals surface area contributed by atoms with Crippen molar-refractivity contribution in [2.24, 2.45) is 0 Å². The zero-order chi connectivity index (χ0) is 25.7. The fraction of sp³-hybridized carbons (Fsp3) is 0.133. The van der Waals surface area contributed by atoms with E-state index in [4.69, 9.17) is 21.1 Å². The van der Waals surface area contributed by atoms with Crippen molar-refractivity contribution in [3.05, 3.63) is 118 Å². The molecule has 2 amide bonds. The summed E-state index contributed by atoms with van der Waals surface area (Å²) in [5, 5.41) is 0.631. The highest BCUT2D eigenvalue weighted by atomic mass is 35.5. The Morgan fingerprint density at radius 1 is 0.811 bits per heavy atom. The maximum Gasteiger partial charge on any atom is 0.263 e. The Morgan fingerprint density at radius 2 is 1.46 bits per heavy atom. The van der Waals surface area contributed by atoms with Crippen molar-refractivity contribution in [3.63, 3.8) is 0 Å². The molecule has 0 saturated carbocycles. The molecule has 6 nitrogen and oxygen atoms in total. The highest BCUT2D eigenvalue weighted by molar-refractivity contribution is 6.30. The molecule has 7 heteroatoms. The molecule has 0 aromatic heterocycles. The molecule has 4 aromatic rings. The Labute approximate surface area is 219 Å². The number of carbonyl (C=O) groups is 2. The van der Waals surface area contributed by atoms with E-state index in [-0.39, 0.29) is 11.9 Å².